The number of hydrogen-bond acceptors (Lipinski definition) is 8. The molecule has 8 aliphatic rings. The van der Waals surface area contributed by atoms with Gasteiger partial charge in [-0.25, -0.2) is 29.9 Å². The number of nitrogens with zero attached hydrogens (tertiary/aromatic N) is 6. The summed E-state index contributed by atoms with van der Waals surface area (Å²) in [5, 5.41) is 0. The molecule has 0 radical (unpaired) electrons. The Labute approximate surface area is 688 Å². The van der Waals surface area contributed by atoms with Crippen molar-refractivity contribution in [3.05, 3.63) is 200 Å². The summed E-state index contributed by atoms with van der Waals surface area (Å²) in [5.41, 5.74) is 33.9. The second-order valence-electron chi connectivity index (χ2n) is 44.9. The molecule has 4 fully saturated rings. The maximum atomic E-state index is 6.38. The van der Waals surface area contributed by atoms with E-state index in [1.54, 1.807) is 0 Å². The summed E-state index contributed by atoms with van der Waals surface area (Å²) in [6, 6.07) is 47.1. The van der Waals surface area contributed by atoms with Crippen LogP contribution in [0.4, 0.5) is 0 Å². The molecule has 596 valence electrons. The average Bonchev–Trinajstić information content (AvgIpc) is 1.37. The second kappa shape index (κ2) is 24.6. The van der Waals surface area contributed by atoms with Gasteiger partial charge in [-0.3, -0.25) is 0 Å². The van der Waals surface area contributed by atoms with Crippen LogP contribution in [0.2, 0.25) is 0 Å². The number of hydrogen-bond donors (Lipinski definition) is 2. The van der Waals surface area contributed by atoms with Crippen LogP contribution < -0.4 is 9.47 Å². The number of methoxy groups -OCH3 is 2. The van der Waals surface area contributed by atoms with Crippen molar-refractivity contribution in [2.75, 3.05) is 14.2 Å². The maximum absolute atomic E-state index is 6.38. The van der Waals surface area contributed by atoms with Crippen molar-refractivity contribution in [1.29, 1.82) is 0 Å². The predicted octanol–water partition coefficient (Wildman–Crippen LogP) is 27.1. The molecule has 2 aliphatic heterocycles. The van der Waals surface area contributed by atoms with E-state index < -0.39 is 0 Å². The van der Waals surface area contributed by atoms with Crippen molar-refractivity contribution < 1.29 is 9.47 Å². The van der Waals surface area contributed by atoms with Gasteiger partial charge in [0.2, 0.25) is 0 Å². The second-order valence-corrected chi connectivity index (χ2v) is 44.9. The van der Waals surface area contributed by atoms with Crippen LogP contribution in [0.5, 0.6) is 11.5 Å². The highest BCUT2D eigenvalue weighted by molar-refractivity contribution is 6.06. The fraction of sp³-hybridized carbons (Fsp3) is 0.453. The Morgan fingerprint density at radius 1 is 0.293 bits per heavy atom. The topological polar surface area (TPSA) is 127 Å². The zero-order chi connectivity index (χ0) is 82.4. The van der Waals surface area contributed by atoms with Gasteiger partial charge >= 0.3 is 0 Å². The number of H-pyrrole nitrogens is 2. The third-order valence-corrected chi connectivity index (χ3v) is 29.6. The highest BCUT2D eigenvalue weighted by atomic mass is 16.5. The first-order valence-corrected chi connectivity index (χ1v) is 43.1. The van der Waals surface area contributed by atoms with Crippen LogP contribution in [0.1, 0.15) is 295 Å². The number of rotatable bonds is 6. The minimum Gasteiger partial charge on any atom is -0.496 e. The fourth-order valence-electron chi connectivity index (χ4n) is 23.2. The van der Waals surface area contributed by atoms with Crippen molar-refractivity contribution >= 4 is 56.3 Å². The number of benzene rings is 6. The lowest BCUT2D eigenvalue weighted by Gasteiger charge is -2.84. The smallest absolute Gasteiger partial charge is 0.122 e. The molecule has 2 N–H and O–H groups in total. The van der Waals surface area contributed by atoms with Gasteiger partial charge in [-0.2, -0.15) is 0 Å². The van der Waals surface area contributed by atoms with E-state index in [4.69, 9.17) is 39.4 Å². The first-order valence-electron chi connectivity index (χ1n) is 43.1. The summed E-state index contributed by atoms with van der Waals surface area (Å²) in [6.07, 6.45) is 6.82. The van der Waals surface area contributed by atoms with Crippen LogP contribution in [0.25, 0.3) is 124 Å². The van der Waals surface area contributed by atoms with E-state index in [0.29, 0.717) is 58.7 Å². The number of nitrogens with one attached hydrogen (secondary N) is 2. The van der Waals surface area contributed by atoms with Crippen molar-refractivity contribution in [1.82, 2.24) is 39.9 Å². The number of aromatic nitrogens is 8. The Morgan fingerprint density at radius 3 is 0.836 bits per heavy atom. The summed E-state index contributed by atoms with van der Waals surface area (Å²) < 4.78 is 12.4. The van der Waals surface area contributed by atoms with Crippen molar-refractivity contribution in [2.45, 2.75) is 260 Å². The highest BCUT2D eigenvalue weighted by Gasteiger charge is 2.89. The van der Waals surface area contributed by atoms with Crippen LogP contribution in [-0.4, -0.2) is 54.1 Å². The molecule has 12 bridgehead atoms. The summed E-state index contributed by atoms with van der Waals surface area (Å²) in [6.45, 7) is 61.4. The Morgan fingerprint density at radius 2 is 0.552 bits per heavy atom. The predicted molar refractivity (Wildman–Crippen MR) is 482 cm³/mol. The molecular weight excluding hydrogens is 1420 g/mol. The summed E-state index contributed by atoms with van der Waals surface area (Å²) >= 11 is 0. The molecule has 19 rings (SSSR count). The van der Waals surface area contributed by atoms with Crippen molar-refractivity contribution in [3.63, 3.8) is 0 Å². The SMILES string of the molecule is COc1ccc(OC)c2c1[C@H]1C[C@@H]2C2C1C1(C)C3C([C@@H]4C[C@H]3c3nc5cc6nc7c(nc6cc5nc34)-c3nc-7c(-c4cc(C(C)(C)C)cc(C(C)(C)C)c4)c4ccc([nH]4)c(-c4cc(C(C)(C)C)cc(C(C)(C)C)c4)c4nc(c(-c5cc(C(C)(C)C)cc(C(C)(C)C)c5)c5ccc([nH]5)c3-c3cc(C(C)(C)C)cc(C(C)(C)C)c3)C=C4)C21C. The van der Waals surface area contributed by atoms with Gasteiger partial charge in [-0.15, -0.1) is 0 Å². The Balaban J connectivity index is 0.935. The van der Waals surface area contributed by atoms with Crippen LogP contribution in [0, 0.1) is 34.5 Å². The Hall–Kier alpha value is -9.54. The molecule has 6 aliphatic carbocycles. The molecule has 0 spiro atoms. The van der Waals surface area contributed by atoms with E-state index >= 15 is 0 Å². The van der Waals surface area contributed by atoms with Gasteiger partial charge in [0.1, 0.15) is 34.3 Å². The quantitative estimate of drug-likeness (QED) is 0.124. The summed E-state index contributed by atoms with van der Waals surface area (Å²) in [5.74, 6) is 5.95. The minimum absolute atomic E-state index is 0.167. The molecule has 0 amide bonds. The van der Waals surface area contributed by atoms with Crippen molar-refractivity contribution in [3.8, 4) is 78.8 Å². The summed E-state index contributed by atoms with van der Waals surface area (Å²) in [7, 11) is 3.69. The molecule has 11 aromatic rings. The van der Waals surface area contributed by atoms with Crippen LogP contribution in [0.15, 0.2) is 121 Å². The van der Waals surface area contributed by atoms with E-state index in [0.717, 1.165) is 129 Å². The lowest BCUT2D eigenvalue weighted by Crippen LogP contribution is -2.79. The monoisotopic (exact) mass is 1540 g/mol. The van der Waals surface area contributed by atoms with Gasteiger partial charge in [0.25, 0.3) is 0 Å². The van der Waals surface area contributed by atoms with E-state index in [1.807, 2.05) is 14.2 Å². The molecule has 6 unspecified atom stereocenters. The molecule has 6 aromatic carbocycles. The van der Waals surface area contributed by atoms with Crippen LogP contribution >= 0.6 is 0 Å². The van der Waals surface area contributed by atoms with Crippen LogP contribution in [0.3, 0.4) is 0 Å². The summed E-state index contributed by atoms with van der Waals surface area (Å²) in [4.78, 5) is 45.0. The van der Waals surface area contributed by atoms with Crippen LogP contribution in [-0.2, 0) is 43.3 Å². The molecule has 0 saturated heterocycles. The zero-order valence-corrected chi connectivity index (χ0v) is 74.2. The van der Waals surface area contributed by atoms with Gasteiger partial charge < -0.3 is 19.4 Å². The van der Waals surface area contributed by atoms with Gasteiger partial charge in [-0.1, -0.05) is 253 Å². The molecular formula is C106H120N8O2. The first-order chi connectivity index (χ1) is 54.1. The minimum atomic E-state index is -0.221. The number of ether oxygens (including phenoxy) is 2. The van der Waals surface area contributed by atoms with E-state index in [1.165, 1.54) is 73.4 Å². The Kier molecular flexibility index (Phi) is 16.2. The molecule has 10 atom stereocenters. The Bertz CT molecular complexity index is 5810. The number of fused-ring (bicyclic) bond motifs is 34. The van der Waals surface area contributed by atoms with E-state index in [9.17, 15) is 0 Å². The third-order valence-electron chi connectivity index (χ3n) is 29.6. The third kappa shape index (κ3) is 11.2. The molecule has 10 heteroatoms. The molecule has 116 heavy (non-hydrogen) atoms. The molecule has 5 aromatic heterocycles. The van der Waals surface area contributed by atoms with Gasteiger partial charge in [0.15, 0.2) is 0 Å². The standard InChI is InChI=1S/C106H120N8O2/c1-97(2,3)57-37-53(38-58(45-57)98(4,5)6)81-69-29-30-70(107-69)82(54-39-59(99(7,8)9)46-60(40-54)100(10,11)12)72-32-34-74(109-72)84(56-43-63(103(19,20)21)48-64(44-56)104(22,23)24)94-96-95(93(114-94)83(73-33-31-71(81)108-73)55-41-61(101(13,14)15)47-62(42-55)102(16,17)18)112-77-51-75-76(52-78(77)113-96)111-92-68-50-67(91(92)110-75)89-90(68)106(26)88-66-49-65(87(88)105(89,106)25)85-79(115-27)35-36-80(116-28)86(66)85/h29-48,51-52,65-68,87-90,108-109H,49-50H2,1-28H3/t65-,66+,67-,68+,87?,88?,89?,90?,105?,106?. The largest absolute Gasteiger partial charge is 0.496 e. The van der Waals surface area contributed by atoms with Gasteiger partial charge in [0, 0.05) is 67.3 Å². The lowest BCUT2D eigenvalue weighted by atomic mass is 9.20. The van der Waals surface area contributed by atoms with Gasteiger partial charge in [0.05, 0.1) is 59.1 Å². The number of aromatic amines is 2. The molecule has 4 saturated carbocycles. The fourth-order valence-corrected chi connectivity index (χ4v) is 23.2. The normalized spacial score (nSPS) is 23.1. The highest BCUT2D eigenvalue weighted by Crippen LogP contribution is 2.95. The van der Waals surface area contributed by atoms with E-state index in [2.05, 4.69) is 323 Å². The maximum Gasteiger partial charge on any atom is 0.122 e. The zero-order valence-electron chi connectivity index (χ0n) is 74.2. The lowest BCUT2D eigenvalue weighted by molar-refractivity contribution is -0.349. The van der Waals surface area contributed by atoms with Gasteiger partial charge in [-0.05, 0) is 230 Å². The molecule has 7 heterocycles. The van der Waals surface area contributed by atoms with E-state index in [-0.39, 0.29) is 54.1 Å². The first kappa shape index (κ1) is 76.4. The van der Waals surface area contributed by atoms with Crippen molar-refractivity contribution in [2.24, 2.45) is 34.5 Å². The molecule has 10 nitrogen and oxygen atoms in total. The average molecular weight is 1540 g/mol.